The van der Waals surface area contributed by atoms with E-state index in [-0.39, 0.29) is 18.3 Å². The first kappa shape index (κ1) is 29.2. The second-order valence-electron chi connectivity index (χ2n) is 10.1. The number of hydrogen-bond acceptors (Lipinski definition) is 9. The van der Waals surface area contributed by atoms with Gasteiger partial charge in [-0.15, -0.1) is 0 Å². The van der Waals surface area contributed by atoms with Gasteiger partial charge in [0.15, 0.2) is 0 Å². The minimum Gasteiger partial charge on any atom is -0.461 e. The number of H-pyrrole nitrogens is 1. The maximum absolute atomic E-state index is 14.1. The summed E-state index contributed by atoms with van der Waals surface area (Å²) in [6.07, 6.45) is 0.393. The first-order valence-corrected chi connectivity index (χ1v) is 14.9. The van der Waals surface area contributed by atoms with Gasteiger partial charge in [0.25, 0.3) is 5.56 Å². The molecule has 1 aliphatic heterocycles. The van der Waals surface area contributed by atoms with Crippen LogP contribution in [0.2, 0.25) is 0 Å². The van der Waals surface area contributed by atoms with Crippen molar-refractivity contribution in [3.63, 3.8) is 0 Å². The third-order valence-electron chi connectivity index (χ3n) is 7.11. The van der Waals surface area contributed by atoms with Crippen LogP contribution in [0.4, 0.5) is 4.39 Å². The zero-order valence-electron chi connectivity index (χ0n) is 22.2. The lowest BCUT2D eigenvalue weighted by Gasteiger charge is -2.25. The molecule has 2 unspecified atom stereocenters. The summed E-state index contributed by atoms with van der Waals surface area (Å²) in [6, 6.07) is 11.4. The lowest BCUT2D eigenvalue weighted by Crippen LogP contribution is -2.37. The van der Waals surface area contributed by atoms with Gasteiger partial charge in [-0.1, -0.05) is 36.4 Å². The van der Waals surface area contributed by atoms with Crippen LogP contribution in [0.1, 0.15) is 45.3 Å². The molecule has 2 heterocycles. The Hall–Kier alpha value is -3.35. The topological polar surface area (TPSA) is 158 Å². The summed E-state index contributed by atoms with van der Waals surface area (Å²) in [7, 11) is -4.31. The van der Waals surface area contributed by atoms with Gasteiger partial charge < -0.3 is 19.1 Å². The van der Waals surface area contributed by atoms with E-state index in [0.717, 1.165) is 35.6 Å². The second kappa shape index (κ2) is 12.3. The molecular weight excluding hydrogens is 560 g/mol. The molecule has 0 spiro atoms. The number of aromatic amines is 1. The Bertz CT molecular complexity index is 1570. The van der Waals surface area contributed by atoms with Gasteiger partial charge in [0.1, 0.15) is 30.2 Å². The highest BCUT2D eigenvalue weighted by Crippen LogP contribution is 2.47. The third kappa shape index (κ3) is 6.77. The molecule has 0 radical (unpaired) electrons. The Kier molecular flexibility index (Phi) is 8.71. The van der Waals surface area contributed by atoms with E-state index in [1.54, 1.807) is 24.3 Å². The fourth-order valence-electron chi connectivity index (χ4n) is 4.94. The maximum Gasteiger partial charge on any atom is 0.459 e. The molecular formula is C27H31FN3O9P. The van der Waals surface area contributed by atoms with Crippen molar-refractivity contribution in [3.8, 4) is 5.75 Å². The van der Waals surface area contributed by atoms with E-state index < -0.39 is 61.9 Å². The maximum atomic E-state index is 14.1. The summed E-state index contributed by atoms with van der Waals surface area (Å²) < 4.78 is 51.5. The van der Waals surface area contributed by atoms with Crippen LogP contribution in [-0.2, 0) is 23.4 Å². The number of fused-ring (bicyclic) bond motifs is 1. The Morgan fingerprint density at radius 3 is 2.73 bits per heavy atom. The molecule has 1 saturated carbocycles. The SMILES string of the molecule is C[C@H](NP(=O)(OCC1O[C@@H](n2cc(F)c(=O)[nH]c2=O)C[C@H]1O)Oc1cccc2ccccc12)C(=O)OC1CCCC1. The predicted molar refractivity (Wildman–Crippen MR) is 145 cm³/mol. The van der Waals surface area contributed by atoms with E-state index in [1.165, 1.54) is 6.92 Å². The van der Waals surface area contributed by atoms with Crippen LogP contribution in [0.3, 0.4) is 0 Å². The molecule has 3 N–H and O–H groups in total. The summed E-state index contributed by atoms with van der Waals surface area (Å²) in [5.74, 6) is -1.58. The Labute approximate surface area is 234 Å². The van der Waals surface area contributed by atoms with Crippen molar-refractivity contribution >= 4 is 24.5 Å². The van der Waals surface area contributed by atoms with Crippen molar-refractivity contribution in [1.29, 1.82) is 0 Å². The van der Waals surface area contributed by atoms with Gasteiger partial charge in [0.05, 0.1) is 18.9 Å². The van der Waals surface area contributed by atoms with Crippen molar-refractivity contribution in [3.05, 3.63) is 75.3 Å². The zero-order chi connectivity index (χ0) is 29.1. The molecule has 2 aromatic carbocycles. The number of esters is 1. The summed E-state index contributed by atoms with van der Waals surface area (Å²) in [6.45, 7) is 1.01. The smallest absolute Gasteiger partial charge is 0.459 e. The average Bonchev–Trinajstić information content (AvgIpc) is 3.59. The van der Waals surface area contributed by atoms with Crippen LogP contribution in [0.15, 0.2) is 58.3 Å². The normalized spacial score (nSPS) is 23.3. The quantitative estimate of drug-likeness (QED) is 0.236. The van der Waals surface area contributed by atoms with Gasteiger partial charge in [0, 0.05) is 11.8 Å². The van der Waals surface area contributed by atoms with Crippen molar-refractivity contribution in [2.45, 2.75) is 69.6 Å². The molecule has 3 aromatic rings. The number of nitrogens with zero attached hydrogens (tertiary/aromatic N) is 1. The Morgan fingerprint density at radius 1 is 1.22 bits per heavy atom. The fraction of sp³-hybridized carbons (Fsp3) is 0.444. The molecule has 2 aliphatic rings. The lowest BCUT2D eigenvalue weighted by atomic mass is 10.1. The van der Waals surface area contributed by atoms with Crippen molar-refractivity contribution in [2.24, 2.45) is 0 Å². The van der Waals surface area contributed by atoms with E-state index >= 15 is 0 Å². The average molecular weight is 592 g/mol. The third-order valence-corrected chi connectivity index (χ3v) is 8.74. The number of carbonyl (C=O) groups excluding carboxylic acids is 1. The molecule has 220 valence electrons. The number of halogens is 1. The van der Waals surface area contributed by atoms with Gasteiger partial charge in [-0.2, -0.15) is 9.48 Å². The van der Waals surface area contributed by atoms with E-state index in [9.17, 15) is 28.4 Å². The number of aromatic nitrogens is 2. The summed E-state index contributed by atoms with van der Waals surface area (Å²) in [5, 5.41) is 14.7. The molecule has 1 aromatic heterocycles. The molecule has 0 bridgehead atoms. The highest BCUT2D eigenvalue weighted by molar-refractivity contribution is 7.52. The molecule has 5 atom stereocenters. The standard InChI is InChI=1S/C27H31FN3O9P/c1-16(26(34)38-18-9-3-4-10-18)30-41(36,40-22-12-6-8-17-7-2-5-11-19(17)22)37-15-23-21(32)13-24(39-23)31-14-20(28)25(33)29-27(31)35/h2,5-8,11-12,14,16,18,21,23-24,32H,3-4,9-10,13,15H2,1H3,(H,30,36)(H,29,33,35)/t16-,21+,23?,24+,41?/m0/s1. The number of nitrogens with one attached hydrogen (secondary N) is 2. The monoisotopic (exact) mass is 591 g/mol. The minimum atomic E-state index is -4.31. The summed E-state index contributed by atoms with van der Waals surface area (Å²) >= 11 is 0. The summed E-state index contributed by atoms with van der Waals surface area (Å²) in [5.41, 5.74) is -2.10. The molecule has 12 nitrogen and oxygen atoms in total. The number of rotatable bonds is 10. The summed E-state index contributed by atoms with van der Waals surface area (Å²) in [4.78, 5) is 38.1. The zero-order valence-corrected chi connectivity index (χ0v) is 23.1. The van der Waals surface area contributed by atoms with Gasteiger partial charge >= 0.3 is 19.4 Å². The van der Waals surface area contributed by atoms with E-state index in [4.69, 9.17) is 18.5 Å². The van der Waals surface area contributed by atoms with Gasteiger partial charge in [-0.05, 0) is 44.1 Å². The molecule has 1 aliphatic carbocycles. The predicted octanol–water partition coefficient (Wildman–Crippen LogP) is 3.14. The number of ether oxygens (including phenoxy) is 2. The minimum absolute atomic E-state index is 0.133. The molecule has 0 amide bonds. The number of hydrogen-bond donors (Lipinski definition) is 3. The van der Waals surface area contributed by atoms with Crippen molar-refractivity contribution in [1.82, 2.24) is 14.6 Å². The second-order valence-corrected chi connectivity index (χ2v) is 11.8. The number of carbonyl (C=O) groups is 1. The fourth-order valence-corrected chi connectivity index (χ4v) is 6.46. The number of aliphatic hydroxyl groups excluding tert-OH is 1. The van der Waals surface area contributed by atoms with Crippen LogP contribution in [0.25, 0.3) is 10.8 Å². The number of benzene rings is 2. The molecule has 5 rings (SSSR count). The lowest BCUT2D eigenvalue weighted by molar-refractivity contribution is -0.150. The molecule has 2 fully saturated rings. The number of aliphatic hydroxyl groups is 1. The van der Waals surface area contributed by atoms with Crippen molar-refractivity contribution in [2.75, 3.05) is 6.61 Å². The van der Waals surface area contributed by atoms with Crippen molar-refractivity contribution < 1.29 is 37.4 Å². The molecule has 1 saturated heterocycles. The highest BCUT2D eigenvalue weighted by atomic mass is 31.2. The van der Waals surface area contributed by atoms with Crippen LogP contribution in [-0.4, -0.2) is 51.6 Å². The van der Waals surface area contributed by atoms with E-state index in [1.807, 2.05) is 23.2 Å². The van der Waals surface area contributed by atoms with Gasteiger partial charge in [-0.25, -0.2) is 9.36 Å². The largest absolute Gasteiger partial charge is 0.461 e. The van der Waals surface area contributed by atoms with Crippen LogP contribution < -0.4 is 20.9 Å². The van der Waals surface area contributed by atoms with Gasteiger partial charge in [0.2, 0.25) is 5.82 Å². The van der Waals surface area contributed by atoms with Crippen LogP contribution in [0.5, 0.6) is 5.75 Å². The Balaban J connectivity index is 1.34. The van der Waals surface area contributed by atoms with Gasteiger partial charge in [-0.3, -0.25) is 23.7 Å². The molecule has 14 heteroatoms. The molecule has 41 heavy (non-hydrogen) atoms. The van der Waals surface area contributed by atoms with Crippen LogP contribution in [0, 0.1) is 5.82 Å². The highest BCUT2D eigenvalue weighted by Gasteiger charge is 2.40. The van der Waals surface area contributed by atoms with E-state index in [2.05, 4.69) is 5.09 Å². The van der Waals surface area contributed by atoms with E-state index in [0.29, 0.717) is 11.6 Å². The first-order chi connectivity index (χ1) is 19.6. The van der Waals surface area contributed by atoms with Crippen LogP contribution >= 0.6 is 7.75 Å². The first-order valence-electron chi connectivity index (χ1n) is 13.4. The Morgan fingerprint density at radius 2 is 1.95 bits per heavy atom.